The van der Waals surface area contributed by atoms with Crippen molar-refractivity contribution in [2.45, 2.75) is 163 Å². The predicted octanol–water partition coefficient (Wildman–Crippen LogP) is 8.74. The van der Waals surface area contributed by atoms with Gasteiger partial charge in [-0.05, 0) is 81.5 Å². The second kappa shape index (κ2) is 26.6. The molecule has 2 aromatic carbocycles. The third-order valence-electron chi connectivity index (χ3n) is 13.8. The standard InChI is InChI=1S/C55H83N5O8S/c1-15-37(6)50(59(12)54(65)42(35(2)3)32-45(61)49(36(4)5)58(11)34-41-24-19-23-40(29-41)31-48(63)68-55(8,9)10)46(66-13)33-47(62)60-27-20-25-44(60)51(67-14)38(7)52(64)57-43(53-56-26-28-69-53)30-39-21-17-16-18-22-39/h16-19,21-24,26,28-29,35-38,42-44,46,49-51H,15,20,25,27,30-34H2,1-14H3,(H,57,64)/t37-,38+,42-,43-,44?,46+,49-,50-,51+/m0/s1. The number of rotatable bonds is 26. The highest BCUT2D eigenvalue weighted by atomic mass is 32.1. The molecule has 1 fully saturated rings. The van der Waals surface area contributed by atoms with Crippen molar-refractivity contribution in [3.8, 4) is 0 Å². The van der Waals surface area contributed by atoms with Crippen LogP contribution in [0.1, 0.15) is 129 Å². The molecule has 4 rings (SSSR count). The Balaban J connectivity index is 1.47. The minimum atomic E-state index is -0.634. The number of Topliss-reactive ketones (excluding diaryl/α,β-unsaturated/α-hetero) is 1. The van der Waals surface area contributed by atoms with Crippen molar-refractivity contribution in [1.29, 1.82) is 0 Å². The van der Waals surface area contributed by atoms with Crippen molar-refractivity contribution in [3.05, 3.63) is 87.9 Å². The number of methoxy groups -OCH3 is 2. The van der Waals surface area contributed by atoms with Crippen LogP contribution in [0.3, 0.4) is 0 Å². The molecule has 69 heavy (non-hydrogen) atoms. The lowest BCUT2D eigenvalue weighted by Gasteiger charge is -2.41. The van der Waals surface area contributed by atoms with Gasteiger partial charge in [0.15, 0.2) is 5.78 Å². The van der Waals surface area contributed by atoms with E-state index in [1.165, 1.54) is 11.3 Å². The van der Waals surface area contributed by atoms with Crippen molar-refractivity contribution in [3.63, 3.8) is 0 Å². The Labute approximate surface area is 417 Å². The third-order valence-corrected chi connectivity index (χ3v) is 14.7. The Morgan fingerprint density at radius 1 is 0.884 bits per heavy atom. The molecule has 1 aromatic heterocycles. The number of benzene rings is 2. The normalized spacial score (nSPS) is 17.8. The number of ether oxygens (including phenoxy) is 3. The third kappa shape index (κ3) is 16.3. The molecule has 1 aliphatic heterocycles. The first kappa shape index (κ1) is 57.1. The summed E-state index contributed by atoms with van der Waals surface area (Å²) in [4.78, 5) is 80.5. The Morgan fingerprint density at radius 3 is 2.13 bits per heavy atom. The highest BCUT2D eigenvalue weighted by Crippen LogP contribution is 2.32. The van der Waals surface area contributed by atoms with E-state index in [4.69, 9.17) is 14.2 Å². The molecule has 1 saturated heterocycles. The van der Waals surface area contributed by atoms with E-state index in [0.29, 0.717) is 25.9 Å². The quantitative estimate of drug-likeness (QED) is 0.0775. The number of thiazole rings is 1. The summed E-state index contributed by atoms with van der Waals surface area (Å²) in [5.74, 6) is -2.13. The molecule has 0 aliphatic carbocycles. The Bertz CT molecular complexity index is 2090. The summed E-state index contributed by atoms with van der Waals surface area (Å²) in [6, 6.07) is 16.2. The van der Waals surface area contributed by atoms with Crippen LogP contribution >= 0.6 is 11.3 Å². The Morgan fingerprint density at radius 2 is 1.55 bits per heavy atom. The van der Waals surface area contributed by atoms with Gasteiger partial charge in [0, 0.05) is 58.3 Å². The van der Waals surface area contributed by atoms with Gasteiger partial charge in [-0.15, -0.1) is 11.3 Å². The summed E-state index contributed by atoms with van der Waals surface area (Å²) < 4.78 is 17.8. The number of ketones is 1. The van der Waals surface area contributed by atoms with Crippen LogP contribution in [0, 0.1) is 29.6 Å². The number of hydrogen-bond acceptors (Lipinski definition) is 11. The zero-order valence-corrected chi connectivity index (χ0v) is 44.8. The van der Waals surface area contributed by atoms with Gasteiger partial charge in [-0.1, -0.05) is 109 Å². The van der Waals surface area contributed by atoms with Crippen LogP contribution in [-0.2, 0) is 57.6 Å². The average molecular weight is 974 g/mol. The highest BCUT2D eigenvalue weighted by molar-refractivity contribution is 7.09. The molecule has 3 aromatic rings. The zero-order chi connectivity index (χ0) is 51.2. The maximum absolute atomic E-state index is 14.8. The second-order valence-electron chi connectivity index (χ2n) is 20.9. The van der Waals surface area contributed by atoms with Gasteiger partial charge in [-0.2, -0.15) is 0 Å². The van der Waals surface area contributed by atoms with E-state index < -0.39 is 41.7 Å². The van der Waals surface area contributed by atoms with Gasteiger partial charge in [-0.3, -0.25) is 28.9 Å². The number of carbonyl (C=O) groups is 5. The monoisotopic (exact) mass is 974 g/mol. The number of likely N-dealkylation sites (tertiary alicyclic amines) is 1. The SMILES string of the molecule is CC[C@H](C)[C@@H]([C@@H](CC(=O)N1CCCC1[C@H](OC)[C@@H](C)C(=O)N[C@@H](Cc1ccccc1)c1nccs1)OC)N(C)C(=O)[C@@H](CC(=O)[C@H](C(C)C)N(C)Cc1cccc(CC(=O)OC(C)(C)C)c1)C(C)C. The molecule has 1 aliphatic rings. The first-order valence-corrected chi connectivity index (χ1v) is 25.9. The lowest BCUT2D eigenvalue weighted by atomic mass is 9.83. The predicted molar refractivity (Wildman–Crippen MR) is 273 cm³/mol. The van der Waals surface area contributed by atoms with Crippen LogP contribution in [0.5, 0.6) is 0 Å². The van der Waals surface area contributed by atoms with Gasteiger partial charge in [0.05, 0.1) is 55.1 Å². The molecule has 382 valence electrons. The van der Waals surface area contributed by atoms with Gasteiger partial charge >= 0.3 is 5.97 Å². The topological polar surface area (TPSA) is 148 Å². The van der Waals surface area contributed by atoms with Crippen molar-refractivity contribution in [2.24, 2.45) is 29.6 Å². The smallest absolute Gasteiger partial charge is 0.310 e. The second-order valence-corrected chi connectivity index (χ2v) is 21.8. The van der Waals surface area contributed by atoms with Gasteiger partial charge in [0.2, 0.25) is 17.7 Å². The molecule has 1 unspecified atom stereocenters. The lowest BCUT2D eigenvalue weighted by molar-refractivity contribution is -0.154. The summed E-state index contributed by atoms with van der Waals surface area (Å²) in [5.41, 5.74) is 2.32. The van der Waals surface area contributed by atoms with Crippen molar-refractivity contribution >= 4 is 40.8 Å². The summed E-state index contributed by atoms with van der Waals surface area (Å²) in [6.45, 7) is 20.6. The Kier molecular flexibility index (Phi) is 22.0. The number of nitrogens with zero attached hydrogens (tertiary/aromatic N) is 4. The average Bonchev–Trinajstić information content (AvgIpc) is 4.01. The maximum atomic E-state index is 14.8. The molecule has 2 heterocycles. The maximum Gasteiger partial charge on any atom is 0.310 e. The van der Waals surface area contributed by atoms with Gasteiger partial charge in [0.25, 0.3) is 0 Å². The van der Waals surface area contributed by atoms with E-state index in [-0.39, 0.29) is 78.6 Å². The number of aromatic nitrogens is 1. The number of carbonyl (C=O) groups excluding carboxylic acids is 5. The van der Waals surface area contributed by atoms with E-state index >= 15 is 0 Å². The van der Waals surface area contributed by atoms with Crippen LogP contribution in [-0.4, -0.2) is 120 Å². The minimum absolute atomic E-state index is 0.0120. The molecule has 0 bridgehead atoms. The molecular weight excluding hydrogens is 891 g/mol. The summed E-state index contributed by atoms with van der Waals surface area (Å²) in [7, 11) is 6.90. The van der Waals surface area contributed by atoms with Crippen LogP contribution in [0.25, 0.3) is 0 Å². The highest BCUT2D eigenvalue weighted by Gasteiger charge is 2.43. The Hall–Kier alpha value is -4.50. The summed E-state index contributed by atoms with van der Waals surface area (Å²) in [5, 5.41) is 5.97. The van der Waals surface area contributed by atoms with Crippen molar-refractivity contribution in [2.75, 3.05) is 34.9 Å². The first-order valence-electron chi connectivity index (χ1n) is 25.0. The number of nitrogens with one attached hydrogen (secondary N) is 1. The molecule has 14 heteroatoms. The van der Waals surface area contributed by atoms with Crippen LogP contribution in [0.15, 0.2) is 66.2 Å². The van der Waals surface area contributed by atoms with Gasteiger partial charge in [-0.25, -0.2) is 4.98 Å². The van der Waals surface area contributed by atoms with Crippen LogP contribution in [0.2, 0.25) is 0 Å². The molecule has 0 radical (unpaired) electrons. The molecule has 13 nitrogen and oxygen atoms in total. The fourth-order valence-electron chi connectivity index (χ4n) is 10.2. The van der Waals surface area contributed by atoms with E-state index in [2.05, 4.69) is 24.1 Å². The fraction of sp³-hybridized carbons (Fsp3) is 0.636. The van der Waals surface area contributed by atoms with E-state index in [1.807, 2.05) is 132 Å². The number of amides is 3. The lowest BCUT2D eigenvalue weighted by Crippen LogP contribution is -2.54. The largest absolute Gasteiger partial charge is 0.460 e. The van der Waals surface area contributed by atoms with Gasteiger partial charge in [0.1, 0.15) is 10.6 Å². The van der Waals surface area contributed by atoms with E-state index in [0.717, 1.165) is 34.5 Å². The van der Waals surface area contributed by atoms with E-state index in [9.17, 15) is 24.0 Å². The van der Waals surface area contributed by atoms with Crippen molar-refractivity contribution in [1.82, 2.24) is 25.0 Å². The summed E-state index contributed by atoms with van der Waals surface area (Å²) in [6.07, 6.45) is 3.57. The zero-order valence-electron chi connectivity index (χ0n) is 44.0. The van der Waals surface area contributed by atoms with Crippen LogP contribution in [0.4, 0.5) is 0 Å². The summed E-state index contributed by atoms with van der Waals surface area (Å²) >= 11 is 1.50. The molecule has 0 saturated carbocycles. The molecule has 9 atom stereocenters. The van der Waals surface area contributed by atoms with Crippen molar-refractivity contribution < 1.29 is 38.2 Å². The molecular formula is C55H83N5O8S. The van der Waals surface area contributed by atoms with Crippen LogP contribution < -0.4 is 5.32 Å². The number of esters is 1. The van der Waals surface area contributed by atoms with E-state index in [1.54, 1.807) is 32.4 Å². The molecule has 3 amide bonds. The first-order chi connectivity index (χ1) is 32.6. The molecule has 1 N–H and O–H groups in total. The van der Waals surface area contributed by atoms with Gasteiger partial charge < -0.3 is 29.3 Å². The molecule has 0 spiro atoms. The number of hydrogen-bond donors (Lipinski definition) is 1. The number of likely N-dealkylation sites (N-methyl/N-ethyl adjacent to an activating group) is 2. The minimum Gasteiger partial charge on any atom is -0.460 e. The fourth-order valence-corrected chi connectivity index (χ4v) is 10.9.